The van der Waals surface area contributed by atoms with Crippen molar-refractivity contribution in [2.75, 3.05) is 45.9 Å². The number of hydrogen-bond donors (Lipinski definition) is 2. The smallest absolute Gasteiger partial charge is 0.309 e. The third kappa shape index (κ3) is 6.33. The maximum Gasteiger partial charge on any atom is 0.309 e. The van der Waals surface area contributed by atoms with Crippen LogP contribution in [0.3, 0.4) is 0 Å². The highest BCUT2D eigenvalue weighted by Gasteiger charge is 2.31. The number of halogens is 1. The Bertz CT molecular complexity index is 975. The summed E-state index contributed by atoms with van der Waals surface area (Å²) in [5, 5.41) is 5.59. The van der Waals surface area contributed by atoms with E-state index < -0.39 is 32.7 Å². The molecule has 1 saturated heterocycles. The number of carbonyl (C=O) groups excluding carboxylic acids is 2. The number of sulfone groups is 1. The lowest BCUT2D eigenvalue weighted by atomic mass is 10.3. The fourth-order valence-electron chi connectivity index (χ4n) is 3.12. The largest absolute Gasteiger partial charge is 0.379 e. The summed E-state index contributed by atoms with van der Waals surface area (Å²) in [4.78, 5) is 26.9. The molecule has 3 rings (SSSR count). The van der Waals surface area contributed by atoms with Gasteiger partial charge < -0.3 is 15.4 Å². The Morgan fingerprint density at radius 2 is 1.77 bits per heavy atom. The highest BCUT2D eigenvalue weighted by atomic mass is 32.2. The summed E-state index contributed by atoms with van der Waals surface area (Å²) in [5.41, 5.74) is 0. The van der Waals surface area contributed by atoms with Gasteiger partial charge in [0, 0.05) is 37.6 Å². The number of ether oxygens (including phenoxy) is 1. The van der Waals surface area contributed by atoms with Crippen molar-refractivity contribution in [2.24, 2.45) is 0 Å². The molecular formula is C20H24FN3O5S2. The molecule has 1 aliphatic heterocycles. The summed E-state index contributed by atoms with van der Waals surface area (Å²) in [7, 11) is -3.91. The van der Waals surface area contributed by atoms with Crippen LogP contribution in [0.4, 0.5) is 4.39 Å². The first-order chi connectivity index (χ1) is 14.9. The average Bonchev–Trinajstić information content (AvgIpc) is 3.29. The van der Waals surface area contributed by atoms with Gasteiger partial charge in [-0.3, -0.25) is 14.5 Å². The second kappa shape index (κ2) is 10.8. The molecule has 1 unspecified atom stereocenters. The van der Waals surface area contributed by atoms with Crippen LogP contribution < -0.4 is 10.6 Å². The SMILES string of the molecule is O=C(NCCN1CCOCC1)C(=O)NCC(c1cccs1)S(=O)(=O)c1ccc(F)cc1. The predicted molar refractivity (Wildman–Crippen MR) is 114 cm³/mol. The Kier molecular flexibility index (Phi) is 8.13. The van der Waals surface area contributed by atoms with E-state index in [1.165, 1.54) is 23.5 Å². The molecule has 1 aromatic carbocycles. The second-order valence-electron chi connectivity index (χ2n) is 6.92. The Hall–Kier alpha value is -2.34. The molecule has 168 valence electrons. The molecule has 0 saturated carbocycles. The molecule has 1 atom stereocenters. The van der Waals surface area contributed by atoms with Crippen LogP contribution in [0.5, 0.6) is 0 Å². The number of nitrogens with zero attached hydrogens (tertiary/aromatic N) is 1. The predicted octanol–water partition coefficient (Wildman–Crippen LogP) is 0.967. The maximum absolute atomic E-state index is 13.2. The fourth-order valence-corrected chi connectivity index (χ4v) is 5.91. The maximum atomic E-state index is 13.2. The summed E-state index contributed by atoms with van der Waals surface area (Å²) in [6, 6.07) is 7.85. The Morgan fingerprint density at radius 1 is 1.10 bits per heavy atom. The van der Waals surface area contributed by atoms with Crippen molar-refractivity contribution in [2.45, 2.75) is 10.1 Å². The summed E-state index contributed by atoms with van der Waals surface area (Å²) >= 11 is 1.22. The van der Waals surface area contributed by atoms with Crippen LogP contribution in [-0.2, 0) is 24.2 Å². The number of carbonyl (C=O) groups is 2. The molecule has 11 heteroatoms. The van der Waals surface area contributed by atoms with Gasteiger partial charge in [0.2, 0.25) is 0 Å². The van der Waals surface area contributed by atoms with E-state index in [4.69, 9.17) is 4.74 Å². The lowest BCUT2D eigenvalue weighted by Crippen LogP contribution is -2.46. The zero-order valence-electron chi connectivity index (χ0n) is 16.8. The van der Waals surface area contributed by atoms with E-state index in [1.54, 1.807) is 17.5 Å². The first-order valence-electron chi connectivity index (χ1n) is 9.77. The third-order valence-corrected chi connectivity index (χ3v) is 8.08. The van der Waals surface area contributed by atoms with Gasteiger partial charge in [-0.1, -0.05) is 6.07 Å². The van der Waals surface area contributed by atoms with Crippen molar-refractivity contribution >= 4 is 33.0 Å². The monoisotopic (exact) mass is 469 g/mol. The van der Waals surface area contributed by atoms with E-state index in [0.29, 0.717) is 31.2 Å². The summed E-state index contributed by atoms with van der Waals surface area (Å²) in [5.74, 6) is -2.27. The zero-order chi connectivity index (χ0) is 22.3. The number of hydrogen-bond acceptors (Lipinski definition) is 7. The molecule has 1 aromatic heterocycles. The Balaban J connectivity index is 1.59. The minimum absolute atomic E-state index is 0.0588. The molecule has 0 bridgehead atoms. The van der Waals surface area contributed by atoms with Crippen molar-refractivity contribution in [1.29, 1.82) is 0 Å². The molecule has 2 N–H and O–H groups in total. The lowest BCUT2D eigenvalue weighted by molar-refractivity contribution is -0.139. The van der Waals surface area contributed by atoms with E-state index in [2.05, 4.69) is 15.5 Å². The Morgan fingerprint density at radius 3 is 2.42 bits per heavy atom. The zero-order valence-corrected chi connectivity index (χ0v) is 18.4. The van der Waals surface area contributed by atoms with Crippen molar-refractivity contribution in [3.8, 4) is 0 Å². The van der Waals surface area contributed by atoms with Gasteiger partial charge >= 0.3 is 11.8 Å². The van der Waals surface area contributed by atoms with Gasteiger partial charge in [-0.2, -0.15) is 0 Å². The van der Waals surface area contributed by atoms with E-state index >= 15 is 0 Å². The molecule has 1 fully saturated rings. The quantitative estimate of drug-likeness (QED) is 0.441. The van der Waals surface area contributed by atoms with Crippen LogP contribution in [-0.4, -0.2) is 71.1 Å². The molecular weight excluding hydrogens is 445 g/mol. The molecule has 0 radical (unpaired) electrons. The second-order valence-corrected chi connectivity index (χ2v) is 10.0. The number of nitrogens with one attached hydrogen (secondary N) is 2. The topological polar surface area (TPSA) is 105 Å². The molecule has 31 heavy (non-hydrogen) atoms. The lowest BCUT2D eigenvalue weighted by Gasteiger charge is -2.26. The van der Waals surface area contributed by atoms with Gasteiger partial charge in [-0.25, -0.2) is 12.8 Å². The molecule has 2 aromatic rings. The molecule has 2 amide bonds. The standard InChI is InChI=1S/C20H24FN3O5S2/c21-15-3-5-16(6-4-15)31(27,28)18(17-2-1-13-30-17)14-23-20(26)19(25)22-7-8-24-9-11-29-12-10-24/h1-6,13,18H,7-12,14H2,(H,22,25)(H,23,26). The Labute approximate surface area is 184 Å². The van der Waals surface area contributed by atoms with E-state index in [-0.39, 0.29) is 11.4 Å². The average molecular weight is 470 g/mol. The minimum Gasteiger partial charge on any atom is -0.379 e. The van der Waals surface area contributed by atoms with Crippen LogP contribution in [0.2, 0.25) is 0 Å². The van der Waals surface area contributed by atoms with Gasteiger partial charge in [0.1, 0.15) is 11.1 Å². The number of amides is 2. The number of morpholine rings is 1. The first-order valence-corrected chi connectivity index (χ1v) is 12.2. The van der Waals surface area contributed by atoms with E-state index in [9.17, 15) is 22.4 Å². The van der Waals surface area contributed by atoms with Crippen LogP contribution >= 0.6 is 11.3 Å². The highest BCUT2D eigenvalue weighted by Crippen LogP contribution is 2.31. The summed E-state index contributed by atoms with van der Waals surface area (Å²) < 4.78 is 44.6. The summed E-state index contributed by atoms with van der Waals surface area (Å²) in [6.07, 6.45) is 0. The van der Waals surface area contributed by atoms with Gasteiger partial charge in [0.25, 0.3) is 0 Å². The highest BCUT2D eigenvalue weighted by molar-refractivity contribution is 7.91. The number of thiophene rings is 1. The van der Waals surface area contributed by atoms with Gasteiger partial charge in [-0.05, 0) is 35.7 Å². The molecule has 2 heterocycles. The fraction of sp³-hybridized carbons (Fsp3) is 0.400. The first kappa shape index (κ1) is 23.3. The normalized spacial score (nSPS) is 15.9. The molecule has 0 spiro atoms. The van der Waals surface area contributed by atoms with Gasteiger partial charge in [-0.15, -0.1) is 11.3 Å². The van der Waals surface area contributed by atoms with Crippen LogP contribution in [0.25, 0.3) is 0 Å². The number of rotatable bonds is 8. The molecule has 1 aliphatic rings. The number of benzene rings is 1. The van der Waals surface area contributed by atoms with E-state index in [1.807, 2.05) is 0 Å². The van der Waals surface area contributed by atoms with Gasteiger partial charge in [0.15, 0.2) is 9.84 Å². The third-order valence-electron chi connectivity index (χ3n) is 4.85. The van der Waals surface area contributed by atoms with Gasteiger partial charge in [0.05, 0.1) is 18.1 Å². The van der Waals surface area contributed by atoms with E-state index in [0.717, 1.165) is 25.2 Å². The van der Waals surface area contributed by atoms with Crippen molar-refractivity contribution in [1.82, 2.24) is 15.5 Å². The molecule has 0 aliphatic carbocycles. The van der Waals surface area contributed by atoms with Crippen molar-refractivity contribution < 1.29 is 27.1 Å². The van der Waals surface area contributed by atoms with Crippen molar-refractivity contribution in [3.63, 3.8) is 0 Å². The van der Waals surface area contributed by atoms with Crippen molar-refractivity contribution in [3.05, 3.63) is 52.5 Å². The van der Waals surface area contributed by atoms with Crippen LogP contribution in [0.15, 0.2) is 46.7 Å². The molecule has 8 nitrogen and oxygen atoms in total. The van der Waals surface area contributed by atoms with Crippen LogP contribution in [0.1, 0.15) is 10.1 Å². The summed E-state index contributed by atoms with van der Waals surface area (Å²) in [6.45, 7) is 3.43. The van der Waals surface area contributed by atoms with Crippen LogP contribution in [0, 0.1) is 5.82 Å². The minimum atomic E-state index is -3.91.